The van der Waals surface area contributed by atoms with Crippen molar-refractivity contribution in [1.29, 1.82) is 0 Å². The van der Waals surface area contributed by atoms with Crippen molar-refractivity contribution in [3.05, 3.63) is 65.7 Å². The Morgan fingerprint density at radius 3 is 2.37 bits per heavy atom. The Hall–Kier alpha value is -2.60. The molecule has 0 bridgehead atoms. The molecule has 0 saturated carbocycles. The summed E-state index contributed by atoms with van der Waals surface area (Å²) in [7, 11) is 3.25. The third-order valence-corrected chi connectivity index (χ3v) is 6.16. The molecule has 1 aliphatic heterocycles. The largest absolute Gasteiger partial charge is 0.493 e. The van der Waals surface area contributed by atoms with Crippen LogP contribution in [0.2, 0.25) is 0 Å². The number of hydrogen-bond acceptors (Lipinski definition) is 4. The highest BCUT2D eigenvalue weighted by molar-refractivity contribution is 9.09. The van der Waals surface area contributed by atoms with Crippen molar-refractivity contribution in [2.24, 2.45) is 16.9 Å². The highest BCUT2D eigenvalue weighted by Crippen LogP contribution is 2.38. The Morgan fingerprint density at radius 2 is 1.70 bits per heavy atom. The summed E-state index contributed by atoms with van der Waals surface area (Å²) in [6.45, 7) is 0. The fourth-order valence-electron chi connectivity index (χ4n) is 4.14. The van der Waals surface area contributed by atoms with Crippen LogP contribution in [0.1, 0.15) is 24.0 Å². The Balaban J connectivity index is 1.77. The van der Waals surface area contributed by atoms with Crippen molar-refractivity contribution < 1.29 is 14.3 Å². The molecule has 1 amide bonds. The van der Waals surface area contributed by atoms with Gasteiger partial charge in [-0.05, 0) is 55.2 Å². The van der Waals surface area contributed by atoms with Gasteiger partial charge in [0.25, 0.3) is 5.91 Å². The van der Waals surface area contributed by atoms with Gasteiger partial charge in [-0.25, -0.2) is 5.01 Å². The summed E-state index contributed by atoms with van der Waals surface area (Å²) in [5.41, 5.74) is 3.88. The molecule has 4 rings (SSSR count). The third kappa shape index (κ3) is 3.88. The maximum Gasteiger partial charge on any atom is 0.251 e. The predicted octanol–water partition coefficient (Wildman–Crippen LogP) is 4.97. The number of amides is 1. The summed E-state index contributed by atoms with van der Waals surface area (Å²) >= 11 is 3.47. The fourth-order valence-corrected chi connectivity index (χ4v) is 4.60. The van der Waals surface area contributed by atoms with Gasteiger partial charge in [-0.1, -0.05) is 40.2 Å². The SMILES string of the molecule is COc1ccc(C2=NN(c3ccc(CCBr)cc3)C(=O)[C@H]3CC=CC[C@@H]23)cc1OC. The van der Waals surface area contributed by atoms with E-state index in [9.17, 15) is 4.79 Å². The summed E-state index contributed by atoms with van der Waals surface area (Å²) in [5, 5.41) is 7.34. The number of halogens is 1. The summed E-state index contributed by atoms with van der Waals surface area (Å²) in [6, 6.07) is 13.9. The Labute approximate surface area is 185 Å². The molecule has 0 saturated heterocycles. The third-order valence-electron chi connectivity index (χ3n) is 5.76. The van der Waals surface area contributed by atoms with E-state index in [1.54, 1.807) is 19.2 Å². The quantitative estimate of drug-likeness (QED) is 0.443. The van der Waals surface area contributed by atoms with Crippen molar-refractivity contribution in [3.8, 4) is 11.5 Å². The first kappa shape index (κ1) is 20.7. The van der Waals surface area contributed by atoms with E-state index < -0.39 is 0 Å². The van der Waals surface area contributed by atoms with Crippen LogP contribution in [0.3, 0.4) is 0 Å². The summed E-state index contributed by atoms with van der Waals surface area (Å²) in [5.74, 6) is 1.33. The first-order chi connectivity index (χ1) is 14.7. The first-order valence-corrected chi connectivity index (χ1v) is 11.2. The molecule has 1 aliphatic carbocycles. The molecule has 1 heterocycles. The highest BCUT2D eigenvalue weighted by Gasteiger charge is 2.40. The number of allylic oxidation sites excluding steroid dienone is 2. The normalized spacial score (nSPS) is 20.6. The molecule has 30 heavy (non-hydrogen) atoms. The van der Waals surface area contributed by atoms with Gasteiger partial charge in [-0.2, -0.15) is 5.10 Å². The van der Waals surface area contributed by atoms with E-state index in [0.29, 0.717) is 11.5 Å². The number of rotatable bonds is 6. The van der Waals surface area contributed by atoms with E-state index in [0.717, 1.165) is 41.6 Å². The minimum Gasteiger partial charge on any atom is -0.493 e. The fraction of sp³-hybridized carbons (Fsp3) is 0.333. The molecule has 0 N–H and O–H groups in total. The highest BCUT2D eigenvalue weighted by atomic mass is 79.9. The van der Waals surface area contributed by atoms with Gasteiger partial charge >= 0.3 is 0 Å². The molecule has 2 aliphatic rings. The van der Waals surface area contributed by atoms with Crippen molar-refractivity contribution in [1.82, 2.24) is 0 Å². The molecule has 2 atom stereocenters. The summed E-state index contributed by atoms with van der Waals surface area (Å²) < 4.78 is 10.9. The van der Waals surface area contributed by atoms with Crippen LogP contribution in [-0.2, 0) is 11.2 Å². The molecular weight excluding hydrogens is 444 g/mol. The second-order valence-corrected chi connectivity index (χ2v) is 8.26. The molecule has 6 heteroatoms. The van der Waals surface area contributed by atoms with E-state index in [2.05, 4.69) is 40.2 Å². The number of nitrogens with zero attached hydrogens (tertiary/aromatic N) is 2. The number of fused-ring (bicyclic) bond motifs is 1. The lowest BCUT2D eigenvalue weighted by Crippen LogP contribution is -2.45. The summed E-state index contributed by atoms with van der Waals surface area (Å²) in [4.78, 5) is 13.3. The molecule has 156 valence electrons. The standard InChI is InChI=1S/C24H25BrN2O3/c1-29-21-12-9-17(15-22(21)30-2)23-19-5-3-4-6-20(19)24(28)27(26-23)18-10-7-16(8-11-18)13-14-25/h3-4,7-12,15,19-20H,5-6,13-14H2,1-2H3/t19-,20+/m1/s1. The van der Waals surface area contributed by atoms with Crippen LogP contribution in [0.25, 0.3) is 0 Å². The van der Waals surface area contributed by atoms with Gasteiger partial charge in [0, 0.05) is 16.8 Å². The van der Waals surface area contributed by atoms with E-state index in [-0.39, 0.29) is 17.7 Å². The maximum absolute atomic E-state index is 13.3. The number of carbonyl (C=O) groups excluding carboxylic acids is 1. The van der Waals surface area contributed by atoms with E-state index in [1.165, 1.54) is 5.56 Å². The molecule has 0 unspecified atom stereocenters. The predicted molar refractivity (Wildman–Crippen MR) is 123 cm³/mol. The molecule has 0 spiro atoms. The molecule has 0 fully saturated rings. The van der Waals surface area contributed by atoms with Crippen LogP contribution in [-0.4, -0.2) is 31.2 Å². The topological polar surface area (TPSA) is 51.1 Å². The zero-order valence-corrected chi connectivity index (χ0v) is 18.8. The van der Waals surface area contributed by atoms with Crippen LogP contribution in [0.4, 0.5) is 5.69 Å². The minimum atomic E-state index is -0.113. The van der Waals surface area contributed by atoms with Gasteiger partial charge in [0.2, 0.25) is 0 Å². The van der Waals surface area contributed by atoms with Crippen molar-refractivity contribution in [3.63, 3.8) is 0 Å². The summed E-state index contributed by atoms with van der Waals surface area (Å²) in [6.07, 6.45) is 6.74. The average Bonchev–Trinajstić information content (AvgIpc) is 2.80. The first-order valence-electron chi connectivity index (χ1n) is 10.1. The van der Waals surface area contributed by atoms with Gasteiger partial charge < -0.3 is 9.47 Å². The number of ether oxygens (including phenoxy) is 2. The van der Waals surface area contributed by atoms with Crippen molar-refractivity contribution in [2.45, 2.75) is 19.3 Å². The van der Waals surface area contributed by atoms with Crippen LogP contribution in [0, 0.1) is 11.8 Å². The lowest BCUT2D eigenvalue weighted by molar-refractivity contribution is -0.123. The zero-order chi connectivity index (χ0) is 21.1. The number of benzene rings is 2. The Kier molecular flexibility index (Phi) is 6.23. The van der Waals surface area contributed by atoms with Crippen LogP contribution < -0.4 is 14.5 Å². The molecular formula is C24H25BrN2O3. The number of hydrazone groups is 1. The number of methoxy groups -OCH3 is 2. The van der Waals surface area contributed by atoms with E-state index in [4.69, 9.17) is 14.6 Å². The second-order valence-electron chi connectivity index (χ2n) is 7.47. The van der Waals surface area contributed by atoms with Gasteiger partial charge in [0.1, 0.15) is 0 Å². The molecule has 0 aromatic heterocycles. The van der Waals surface area contributed by atoms with Gasteiger partial charge in [0.15, 0.2) is 11.5 Å². The Bertz CT molecular complexity index is 984. The molecule has 5 nitrogen and oxygen atoms in total. The average molecular weight is 469 g/mol. The van der Waals surface area contributed by atoms with Gasteiger partial charge in [0.05, 0.1) is 31.5 Å². The van der Waals surface area contributed by atoms with Crippen molar-refractivity contribution in [2.75, 3.05) is 24.6 Å². The Morgan fingerprint density at radius 1 is 1.00 bits per heavy atom. The number of carbonyl (C=O) groups is 1. The van der Waals surface area contributed by atoms with E-state index in [1.807, 2.05) is 30.3 Å². The van der Waals surface area contributed by atoms with Gasteiger partial charge in [-0.3, -0.25) is 4.79 Å². The van der Waals surface area contributed by atoms with Crippen LogP contribution >= 0.6 is 15.9 Å². The number of hydrogen-bond donors (Lipinski definition) is 0. The zero-order valence-electron chi connectivity index (χ0n) is 17.2. The minimum absolute atomic E-state index is 0.0572. The lowest BCUT2D eigenvalue weighted by atomic mass is 9.76. The van der Waals surface area contributed by atoms with Crippen molar-refractivity contribution >= 4 is 33.2 Å². The lowest BCUT2D eigenvalue weighted by Gasteiger charge is -2.37. The second kappa shape index (κ2) is 9.04. The molecule has 2 aromatic carbocycles. The van der Waals surface area contributed by atoms with E-state index >= 15 is 0 Å². The van der Waals surface area contributed by atoms with Gasteiger partial charge in [-0.15, -0.1) is 0 Å². The number of anilines is 1. The van der Waals surface area contributed by atoms with Crippen LogP contribution in [0.15, 0.2) is 59.7 Å². The monoisotopic (exact) mass is 468 g/mol. The molecule has 0 radical (unpaired) electrons. The maximum atomic E-state index is 13.3. The smallest absolute Gasteiger partial charge is 0.251 e. The van der Waals surface area contributed by atoms with Crippen LogP contribution in [0.5, 0.6) is 11.5 Å². The molecule has 2 aromatic rings. The number of aryl methyl sites for hydroxylation is 1. The number of alkyl halides is 1.